The van der Waals surface area contributed by atoms with Gasteiger partial charge in [0.15, 0.2) is 5.79 Å². The zero-order chi connectivity index (χ0) is 10.7. The van der Waals surface area contributed by atoms with Crippen LogP contribution in [0.1, 0.15) is 37.8 Å². The Hall–Kier alpha value is -0.860. The fourth-order valence-electron chi connectivity index (χ4n) is 1.96. The van der Waals surface area contributed by atoms with Crippen molar-refractivity contribution in [2.45, 2.75) is 45.7 Å². The van der Waals surface area contributed by atoms with Crippen molar-refractivity contribution in [2.75, 3.05) is 0 Å². The molecule has 82 valence electrons. The first-order valence-corrected chi connectivity index (χ1v) is 5.64. The third kappa shape index (κ3) is 2.06. The van der Waals surface area contributed by atoms with Crippen LogP contribution >= 0.6 is 0 Å². The van der Waals surface area contributed by atoms with Crippen molar-refractivity contribution < 1.29 is 9.47 Å². The number of benzene rings is 1. The van der Waals surface area contributed by atoms with Crippen molar-refractivity contribution >= 4 is 0 Å². The monoisotopic (exact) mass is 206 g/mol. The van der Waals surface area contributed by atoms with Crippen LogP contribution in [0.2, 0.25) is 0 Å². The molecule has 1 aromatic rings. The number of hydrogen-bond acceptors (Lipinski definition) is 2. The predicted octanol–water partition coefficient (Wildman–Crippen LogP) is 3.25. The van der Waals surface area contributed by atoms with E-state index in [1.807, 2.05) is 12.1 Å². The van der Waals surface area contributed by atoms with E-state index in [1.165, 1.54) is 11.1 Å². The SMILES string of the molecule is CCC1(CC)OCc2ccccc2CO1. The molecule has 0 amide bonds. The van der Waals surface area contributed by atoms with Gasteiger partial charge in [-0.1, -0.05) is 38.1 Å². The van der Waals surface area contributed by atoms with Gasteiger partial charge in [-0.25, -0.2) is 0 Å². The van der Waals surface area contributed by atoms with E-state index < -0.39 is 0 Å². The molecule has 0 unspecified atom stereocenters. The lowest BCUT2D eigenvalue weighted by Gasteiger charge is -2.29. The molecule has 0 spiro atoms. The Balaban J connectivity index is 2.21. The van der Waals surface area contributed by atoms with Crippen LogP contribution in [-0.2, 0) is 22.7 Å². The maximum absolute atomic E-state index is 5.89. The van der Waals surface area contributed by atoms with E-state index in [1.54, 1.807) is 0 Å². The van der Waals surface area contributed by atoms with Gasteiger partial charge in [0.05, 0.1) is 13.2 Å². The van der Waals surface area contributed by atoms with Gasteiger partial charge in [-0.05, 0) is 24.0 Å². The van der Waals surface area contributed by atoms with E-state index in [9.17, 15) is 0 Å². The molecule has 0 saturated heterocycles. The Kier molecular flexibility index (Phi) is 3.08. The standard InChI is InChI=1S/C13H18O2/c1-3-13(4-2)14-9-11-7-5-6-8-12(11)10-15-13/h5-8H,3-4,9-10H2,1-2H3. The Morgan fingerprint density at radius 3 is 1.87 bits per heavy atom. The zero-order valence-corrected chi connectivity index (χ0v) is 9.45. The van der Waals surface area contributed by atoms with Gasteiger partial charge in [-0.15, -0.1) is 0 Å². The quantitative estimate of drug-likeness (QED) is 0.739. The van der Waals surface area contributed by atoms with Crippen LogP contribution in [0.15, 0.2) is 24.3 Å². The van der Waals surface area contributed by atoms with Crippen LogP contribution in [0.25, 0.3) is 0 Å². The minimum absolute atomic E-state index is 0.376. The molecule has 2 nitrogen and oxygen atoms in total. The molecule has 0 aliphatic carbocycles. The molecule has 1 aromatic carbocycles. The van der Waals surface area contributed by atoms with Crippen LogP contribution in [0.3, 0.4) is 0 Å². The van der Waals surface area contributed by atoms with Crippen molar-refractivity contribution in [2.24, 2.45) is 0 Å². The van der Waals surface area contributed by atoms with Gasteiger partial charge in [0, 0.05) is 0 Å². The average molecular weight is 206 g/mol. The highest BCUT2D eigenvalue weighted by atomic mass is 16.7. The number of ether oxygens (including phenoxy) is 2. The van der Waals surface area contributed by atoms with Crippen LogP contribution in [0.4, 0.5) is 0 Å². The minimum atomic E-state index is -0.376. The molecule has 2 heteroatoms. The van der Waals surface area contributed by atoms with Gasteiger partial charge in [0.1, 0.15) is 0 Å². The lowest BCUT2D eigenvalue weighted by molar-refractivity contribution is -0.247. The zero-order valence-electron chi connectivity index (χ0n) is 9.45. The lowest BCUT2D eigenvalue weighted by atomic mass is 10.1. The molecule has 1 heterocycles. The molecule has 0 radical (unpaired) electrons. The smallest absolute Gasteiger partial charge is 0.168 e. The Bertz CT molecular complexity index is 300. The highest BCUT2D eigenvalue weighted by Gasteiger charge is 2.30. The molecule has 0 fully saturated rings. The summed E-state index contributed by atoms with van der Waals surface area (Å²) in [5, 5.41) is 0. The predicted molar refractivity (Wildman–Crippen MR) is 59.3 cm³/mol. The maximum atomic E-state index is 5.89. The molecule has 0 atom stereocenters. The largest absolute Gasteiger partial charge is 0.345 e. The second-order valence-electron chi connectivity index (χ2n) is 3.96. The summed E-state index contributed by atoms with van der Waals surface area (Å²) in [5.41, 5.74) is 2.50. The highest BCUT2D eigenvalue weighted by molar-refractivity contribution is 5.26. The third-order valence-corrected chi connectivity index (χ3v) is 3.18. The van der Waals surface area contributed by atoms with E-state index in [2.05, 4.69) is 26.0 Å². The summed E-state index contributed by atoms with van der Waals surface area (Å²) in [6.45, 7) is 5.55. The molecule has 0 bridgehead atoms. The average Bonchev–Trinajstić information content (AvgIpc) is 2.49. The Morgan fingerprint density at radius 2 is 1.47 bits per heavy atom. The van der Waals surface area contributed by atoms with Gasteiger partial charge in [0.25, 0.3) is 0 Å². The Morgan fingerprint density at radius 1 is 1.00 bits per heavy atom. The van der Waals surface area contributed by atoms with E-state index in [-0.39, 0.29) is 5.79 Å². The first kappa shape index (κ1) is 10.7. The summed E-state index contributed by atoms with van der Waals surface area (Å²) in [5.74, 6) is -0.376. The third-order valence-electron chi connectivity index (χ3n) is 3.18. The van der Waals surface area contributed by atoms with E-state index in [0.29, 0.717) is 13.2 Å². The molecular weight excluding hydrogens is 188 g/mol. The summed E-state index contributed by atoms with van der Waals surface area (Å²) in [7, 11) is 0. The first-order valence-electron chi connectivity index (χ1n) is 5.64. The van der Waals surface area contributed by atoms with Crippen molar-refractivity contribution in [1.82, 2.24) is 0 Å². The van der Waals surface area contributed by atoms with Gasteiger partial charge in [-0.3, -0.25) is 0 Å². The molecular formula is C13H18O2. The minimum Gasteiger partial charge on any atom is -0.345 e. The molecule has 0 aromatic heterocycles. The van der Waals surface area contributed by atoms with Gasteiger partial charge < -0.3 is 9.47 Å². The van der Waals surface area contributed by atoms with Crippen LogP contribution < -0.4 is 0 Å². The topological polar surface area (TPSA) is 18.5 Å². The fourth-order valence-corrected chi connectivity index (χ4v) is 1.96. The number of hydrogen-bond donors (Lipinski definition) is 0. The van der Waals surface area contributed by atoms with Crippen molar-refractivity contribution in [3.8, 4) is 0 Å². The molecule has 0 N–H and O–H groups in total. The van der Waals surface area contributed by atoms with E-state index >= 15 is 0 Å². The van der Waals surface area contributed by atoms with Gasteiger partial charge in [-0.2, -0.15) is 0 Å². The van der Waals surface area contributed by atoms with Crippen molar-refractivity contribution in [3.63, 3.8) is 0 Å². The number of rotatable bonds is 2. The summed E-state index contributed by atoms with van der Waals surface area (Å²) in [6, 6.07) is 8.32. The molecule has 1 aliphatic rings. The summed E-state index contributed by atoms with van der Waals surface area (Å²) in [6.07, 6.45) is 1.80. The van der Waals surface area contributed by atoms with Crippen LogP contribution in [0.5, 0.6) is 0 Å². The van der Waals surface area contributed by atoms with Crippen LogP contribution in [-0.4, -0.2) is 5.79 Å². The maximum Gasteiger partial charge on any atom is 0.168 e. The summed E-state index contributed by atoms with van der Waals surface area (Å²) < 4.78 is 11.8. The van der Waals surface area contributed by atoms with Gasteiger partial charge >= 0.3 is 0 Å². The Labute approximate surface area is 91.2 Å². The van der Waals surface area contributed by atoms with Crippen molar-refractivity contribution in [1.29, 1.82) is 0 Å². The molecule has 0 saturated carbocycles. The second kappa shape index (κ2) is 4.33. The van der Waals surface area contributed by atoms with Crippen LogP contribution in [0, 0.1) is 0 Å². The fraction of sp³-hybridized carbons (Fsp3) is 0.538. The normalized spacial score (nSPS) is 19.3. The summed E-state index contributed by atoms with van der Waals surface area (Å²) >= 11 is 0. The lowest BCUT2D eigenvalue weighted by Crippen LogP contribution is -2.32. The van der Waals surface area contributed by atoms with Crippen molar-refractivity contribution in [3.05, 3.63) is 35.4 Å². The first-order chi connectivity index (χ1) is 7.29. The highest BCUT2D eigenvalue weighted by Crippen LogP contribution is 2.29. The molecule has 15 heavy (non-hydrogen) atoms. The molecule has 2 rings (SSSR count). The molecule has 1 aliphatic heterocycles. The second-order valence-corrected chi connectivity index (χ2v) is 3.96. The number of fused-ring (bicyclic) bond motifs is 1. The van der Waals surface area contributed by atoms with Gasteiger partial charge in [0.2, 0.25) is 0 Å². The summed E-state index contributed by atoms with van der Waals surface area (Å²) in [4.78, 5) is 0. The van der Waals surface area contributed by atoms with E-state index in [0.717, 1.165) is 12.8 Å². The van der Waals surface area contributed by atoms with E-state index in [4.69, 9.17) is 9.47 Å².